The van der Waals surface area contributed by atoms with E-state index in [1.54, 1.807) is 6.92 Å². The fraction of sp³-hybridized carbons (Fsp3) is 0.692. The maximum Gasteiger partial charge on any atom is 0.333 e. The molecule has 98 valence electrons. The highest BCUT2D eigenvalue weighted by Gasteiger charge is 2.20. The lowest BCUT2D eigenvalue weighted by Crippen LogP contribution is -2.37. The average molecular weight is 241 g/mol. The summed E-state index contributed by atoms with van der Waals surface area (Å²) in [7, 11) is 0. The Bertz CT molecular complexity index is 320. The Hall–Kier alpha value is -1.32. The third-order valence-electron chi connectivity index (χ3n) is 2.36. The number of carbonyl (C=O) groups is 2. The van der Waals surface area contributed by atoms with Gasteiger partial charge in [0.15, 0.2) is 0 Å². The zero-order valence-electron chi connectivity index (χ0n) is 11.6. The molecular weight excluding hydrogens is 218 g/mol. The Morgan fingerprint density at radius 1 is 1.12 bits per heavy atom. The van der Waals surface area contributed by atoms with E-state index in [-0.39, 0.29) is 18.5 Å². The van der Waals surface area contributed by atoms with Crippen molar-refractivity contribution in [1.29, 1.82) is 0 Å². The third kappa shape index (κ3) is 6.09. The second-order valence-electron chi connectivity index (χ2n) is 5.27. The topological polar surface area (TPSA) is 55.4 Å². The van der Waals surface area contributed by atoms with Crippen molar-refractivity contribution in [1.82, 2.24) is 5.32 Å². The van der Waals surface area contributed by atoms with Gasteiger partial charge in [-0.15, -0.1) is 0 Å². The first kappa shape index (κ1) is 15.7. The molecule has 0 atom stereocenters. The molecule has 4 heteroatoms. The van der Waals surface area contributed by atoms with Crippen LogP contribution in [0.25, 0.3) is 0 Å². The van der Waals surface area contributed by atoms with Crippen molar-refractivity contribution in [2.45, 2.75) is 41.5 Å². The summed E-state index contributed by atoms with van der Waals surface area (Å²) in [6.45, 7) is 11.5. The second kappa shape index (κ2) is 6.42. The molecule has 0 heterocycles. The molecule has 0 aromatic heterocycles. The fourth-order valence-electron chi connectivity index (χ4n) is 0.886. The predicted molar refractivity (Wildman–Crippen MR) is 67.5 cm³/mol. The van der Waals surface area contributed by atoms with Crippen LogP contribution in [0.4, 0.5) is 0 Å². The van der Waals surface area contributed by atoms with E-state index in [9.17, 15) is 9.59 Å². The number of allylic oxidation sites excluding steroid dienone is 1. The Morgan fingerprint density at radius 2 is 1.65 bits per heavy atom. The van der Waals surface area contributed by atoms with Crippen molar-refractivity contribution in [2.75, 3.05) is 13.2 Å². The molecule has 1 amide bonds. The van der Waals surface area contributed by atoms with E-state index < -0.39 is 5.41 Å². The van der Waals surface area contributed by atoms with Crippen molar-refractivity contribution in [3.63, 3.8) is 0 Å². The van der Waals surface area contributed by atoms with Gasteiger partial charge in [0.2, 0.25) is 5.91 Å². The predicted octanol–water partition coefficient (Wildman–Crippen LogP) is 2.05. The van der Waals surface area contributed by atoms with Gasteiger partial charge in [0.25, 0.3) is 0 Å². The lowest BCUT2D eigenvalue weighted by Gasteiger charge is -2.17. The third-order valence-corrected chi connectivity index (χ3v) is 2.36. The summed E-state index contributed by atoms with van der Waals surface area (Å²) in [5, 5.41) is 2.71. The molecule has 0 bridgehead atoms. The molecule has 0 spiro atoms. The molecule has 0 aromatic rings. The lowest BCUT2D eigenvalue weighted by molar-refractivity contribution is -0.139. The van der Waals surface area contributed by atoms with Crippen LogP contribution in [-0.2, 0) is 14.3 Å². The average Bonchev–Trinajstić information content (AvgIpc) is 2.20. The number of amides is 1. The highest BCUT2D eigenvalue weighted by molar-refractivity contribution is 5.88. The molecule has 0 aromatic carbocycles. The van der Waals surface area contributed by atoms with Crippen LogP contribution in [0.3, 0.4) is 0 Å². The van der Waals surface area contributed by atoms with Crippen molar-refractivity contribution in [2.24, 2.45) is 5.41 Å². The van der Waals surface area contributed by atoms with Gasteiger partial charge in [0.05, 0.1) is 6.54 Å². The highest BCUT2D eigenvalue weighted by Crippen LogP contribution is 2.11. The van der Waals surface area contributed by atoms with Crippen LogP contribution in [0.1, 0.15) is 41.5 Å². The molecule has 0 radical (unpaired) electrons. The molecule has 4 nitrogen and oxygen atoms in total. The Morgan fingerprint density at radius 3 is 2.06 bits per heavy atom. The first-order valence-corrected chi connectivity index (χ1v) is 5.75. The summed E-state index contributed by atoms with van der Waals surface area (Å²) in [5.41, 5.74) is 1.14. The molecule has 0 saturated heterocycles. The highest BCUT2D eigenvalue weighted by atomic mass is 16.5. The minimum Gasteiger partial charge on any atom is -0.460 e. The summed E-state index contributed by atoms with van der Waals surface area (Å²) in [4.78, 5) is 22.9. The van der Waals surface area contributed by atoms with Crippen LogP contribution in [-0.4, -0.2) is 25.0 Å². The number of ether oxygens (including phenoxy) is 1. The molecule has 1 N–H and O–H groups in total. The molecule has 0 aliphatic heterocycles. The zero-order valence-corrected chi connectivity index (χ0v) is 11.6. The van der Waals surface area contributed by atoms with Gasteiger partial charge in [-0.1, -0.05) is 26.3 Å². The minimum atomic E-state index is -0.417. The molecule has 0 aliphatic rings. The minimum absolute atomic E-state index is 0.0486. The van der Waals surface area contributed by atoms with Crippen molar-refractivity contribution >= 4 is 11.9 Å². The van der Waals surface area contributed by atoms with Crippen molar-refractivity contribution < 1.29 is 14.3 Å². The zero-order chi connectivity index (χ0) is 13.6. The quantitative estimate of drug-likeness (QED) is 0.465. The van der Waals surface area contributed by atoms with Crippen LogP contribution in [0.15, 0.2) is 11.1 Å². The fourth-order valence-corrected chi connectivity index (χ4v) is 0.886. The monoisotopic (exact) mass is 241 g/mol. The summed E-state index contributed by atoms with van der Waals surface area (Å²) in [6.07, 6.45) is 0. The molecule has 0 fully saturated rings. The lowest BCUT2D eigenvalue weighted by atomic mass is 9.96. The van der Waals surface area contributed by atoms with Crippen LogP contribution >= 0.6 is 0 Å². The number of hydrogen-bond donors (Lipinski definition) is 1. The summed E-state index contributed by atoms with van der Waals surface area (Å²) < 4.78 is 5.02. The van der Waals surface area contributed by atoms with Crippen LogP contribution < -0.4 is 5.32 Å². The van der Waals surface area contributed by atoms with Gasteiger partial charge in [-0.3, -0.25) is 4.79 Å². The van der Waals surface area contributed by atoms with E-state index in [1.165, 1.54) is 0 Å². The smallest absolute Gasteiger partial charge is 0.333 e. The van der Waals surface area contributed by atoms with Crippen LogP contribution in [0, 0.1) is 5.41 Å². The number of rotatable bonds is 4. The van der Waals surface area contributed by atoms with E-state index >= 15 is 0 Å². The largest absolute Gasteiger partial charge is 0.460 e. The summed E-state index contributed by atoms with van der Waals surface area (Å²) >= 11 is 0. The normalized spacial score (nSPS) is 10.7. The van der Waals surface area contributed by atoms with E-state index in [1.807, 2.05) is 34.6 Å². The Balaban J connectivity index is 3.92. The van der Waals surface area contributed by atoms with Gasteiger partial charge in [-0.05, 0) is 20.8 Å². The standard InChI is InChI=1S/C13H23NO3/c1-9(2)10(3)11(15)17-8-7-14-12(16)13(4,5)6/h7-8H2,1-6H3,(H,14,16). The molecule has 0 saturated carbocycles. The maximum atomic E-state index is 11.5. The maximum absolute atomic E-state index is 11.5. The molecule has 0 rings (SSSR count). The SMILES string of the molecule is CC(C)=C(C)C(=O)OCCNC(=O)C(C)(C)C. The second-order valence-corrected chi connectivity index (χ2v) is 5.27. The molecule has 17 heavy (non-hydrogen) atoms. The van der Waals surface area contributed by atoms with Crippen molar-refractivity contribution in [3.8, 4) is 0 Å². The summed E-state index contributed by atoms with van der Waals surface area (Å²) in [5.74, 6) is -0.373. The van der Waals surface area contributed by atoms with Gasteiger partial charge in [-0.25, -0.2) is 4.79 Å². The van der Waals surface area contributed by atoms with Crippen molar-refractivity contribution in [3.05, 3.63) is 11.1 Å². The van der Waals surface area contributed by atoms with Gasteiger partial charge in [0.1, 0.15) is 6.61 Å². The number of esters is 1. The van der Waals surface area contributed by atoms with E-state index in [4.69, 9.17) is 4.74 Å². The first-order valence-electron chi connectivity index (χ1n) is 5.75. The number of hydrogen-bond acceptors (Lipinski definition) is 3. The Labute approximate surface area is 103 Å². The molecular formula is C13H23NO3. The molecule has 0 aliphatic carbocycles. The molecule has 0 unspecified atom stereocenters. The van der Waals surface area contributed by atoms with E-state index in [0.717, 1.165) is 5.57 Å². The van der Waals surface area contributed by atoms with Gasteiger partial charge < -0.3 is 10.1 Å². The van der Waals surface area contributed by atoms with Crippen LogP contribution in [0.5, 0.6) is 0 Å². The summed E-state index contributed by atoms with van der Waals surface area (Å²) in [6, 6.07) is 0. The number of carbonyl (C=O) groups excluding carboxylic acids is 2. The van der Waals surface area contributed by atoms with Gasteiger partial charge >= 0.3 is 5.97 Å². The first-order chi connectivity index (χ1) is 7.66. The van der Waals surface area contributed by atoms with E-state index in [0.29, 0.717) is 12.1 Å². The van der Waals surface area contributed by atoms with E-state index in [2.05, 4.69) is 5.32 Å². The number of nitrogens with one attached hydrogen (secondary N) is 1. The van der Waals surface area contributed by atoms with Gasteiger partial charge in [0, 0.05) is 11.0 Å². The van der Waals surface area contributed by atoms with Gasteiger partial charge in [-0.2, -0.15) is 0 Å². The Kier molecular flexibility index (Phi) is 5.93. The van der Waals surface area contributed by atoms with Crippen LogP contribution in [0.2, 0.25) is 0 Å².